The molecule has 6 nitrogen and oxygen atoms in total. The molecule has 6 heteroatoms. The minimum Gasteiger partial charge on any atom is -0.391 e. The number of nitrogens with one attached hydrogen (secondary N) is 1. The number of hydrogen-bond donors (Lipinski definition) is 2. The highest BCUT2D eigenvalue weighted by Crippen LogP contribution is 2.36. The molecule has 0 unspecified atom stereocenters. The second kappa shape index (κ2) is 6.20. The number of likely N-dealkylation sites (tertiary alicyclic amines) is 1. The van der Waals surface area contributed by atoms with Gasteiger partial charge in [-0.05, 0) is 24.5 Å². The van der Waals surface area contributed by atoms with Crippen molar-refractivity contribution < 1.29 is 14.7 Å². The molecule has 1 saturated heterocycles. The minimum atomic E-state index is -0.528. The van der Waals surface area contributed by atoms with Gasteiger partial charge in [-0.3, -0.25) is 9.69 Å². The Morgan fingerprint density at radius 3 is 2.83 bits per heavy atom. The molecule has 0 radical (unpaired) electrons. The summed E-state index contributed by atoms with van der Waals surface area (Å²) in [6.07, 6.45) is 0.906. The number of benzene rings is 1. The minimum absolute atomic E-state index is 0.0415. The Labute approximate surface area is 136 Å². The zero-order valence-corrected chi connectivity index (χ0v) is 13.5. The van der Waals surface area contributed by atoms with Crippen molar-refractivity contribution in [3.8, 4) is 0 Å². The van der Waals surface area contributed by atoms with Crippen molar-refractivity contribution in [2.45, 2.75) is 38.8 Å². The van der Waals surface area contributed by atoms with Gasteiger partial charge in [0.2, 0.25) is 5.91 Å². The van der Waals surface area contributed by atoms with E-state index >= 15 is 0 Å². The monoisotopic (exact) mass is 317 g/mol. The van der Waals surface area contributed by atoms with Crippen molar-refractivity contribution in [2.24, 2.45) is 5.92 Å². The van der Waals surface area contributed by atoms with Crippen molar-refractivity contribution in [3.63, 3.8) is 0 Å². The number of carbonyl (C=O) groups excluding carboxylic acids is 2. The SMILES string of the molecule is CC[C@H](C)[C@H]1C(=O)Nc2ccccc2N1C(=O)N1CC[C@H](O)C1. The summed E-state index contributed by atoms with van der Waals surface area (Å²) in [5.41, 5.74) is 1.38. The quantitative estimate of drug-likeness (QED) is 0.877. The van der Waals surface area contributed by atoms with E-state index in [1.54, 1.807) is 15.9 Å². The van der Waals surface area contributed by atoms with E-state index in [1.807, 2.05) is 32.0 Å². The lowest BCUT2D eigenvalue weighted by molar-refractivity contribution is -0.118. The number of amides is 3. The van der Waals surface area contributed by atoms with Crippen LogP contribution in [0.4, 0.5) is 16.2 Å². The van der Waals surface area contributed by atoms with E-state index in [9.17, 15) is 14.7 Å². The standard InChI is InChI=1S/C17H23N3O3/c1-3-11(2)15-16(22)18-13-6-4-5-7-14(13)20(15)17(23)19-9-8-12(21)10-19/h4-7,11-12,15,21H,3,8-10H2,1-2H3,(H,18,22)/t11-,12-,15-/m0/s1. The summed E-state index contributed by atoms with van der Waals surface area (Å²) in [6.45, 7) is 4.85. The largest absolute Gasteiger partial charge is 0.391 e. The molecule has 0 spiro atoms. The summed E-state index contributed by atoms with van der Waals surface area (Å²) in [5.74, 6) is -0.106. The fraction of sp³-hybridized carbons (Fsp3) is 0.529. The van der Waals surface area contributed by atoms with Gasteiger partial charge in [0.05, 0.1) is 17.5 Å². The predicted octanol–water partition coefficient (Wildman–Crippen LogP) is 2.05. The number of anilines is 2. The molecule has 3 amide bonds. The van der Waals surface area contributed by atoms with E-state index in [1.165, 1.54) is 0 Å². The normalized spacial score (nSPS) is 25.1. The van der Waals surface area contributed by atoms with Crippen molar-refractivity contribution in [3.05, 3.63) is 24.3 Å². The molecular weight excluding hydrogens is 294 g/mol. The van der Waals surface area contributed by atoms with Gasteiger partial charge in [0.1, 0.15) is 6.04 Å². The third-order valence-corrected chi connectivity index (χ3v) is 4.79. The van der Waals surface area contributed by atoms with Crippen LogP contribution in [-0.2, 0) is 4.79 Å². The number of aliphatic hydroxyl groups excluding tert-OH is 1. The second-order valence-corrected chi connectivity index (χ2v) is 6.38. The molecule has 2 aliphatic heterocycles. The Balaban J connectivity index is 2.00. The number of β-amino-alcohol motifs (C(OH)–C–C–N with tert-alkyl or cyclic N) is 1. The lowest BCUT2D eigenvalue weighted by atomic mass is 9.94. The molecule has 2 aliphatic rings. The summed E-state index contributed by atoms with van der Waals surface area (Å²) in [4.78, 5) is 28.9. The predicted molar refractivity (Wildman–Crippen MR) is 88.4 cm³/mol. The number of para-hydroxylation sites is 2. The number of fused-ring (bicyclic) bond motifs is 1. The molecule has 0 aliphatic carbocycles. The van der Waals surface area contributed by atoms with Gasteiger partial charge in [-0.25, -0.2) is 4.79 Å². The summed E-state index contributed by atoms with van der Waals surface area (Å²) in [6, 6.07) is 6.64. The fourth-order valence-electron chi connectivity index (χ4n) is 3.29. The Kier molecular flexibility index (Phi) is 4.26. The van der Waals surface area contributed by atoms with E-state index in [0.29, 0.717) is 25.2 Å². The topological polar surface area (TPSA) is 72.9 Å². The van der Waals surface area contributed by atoms with Crippen LogP contribution in [0.15, 0.2) is 24.3 Å². The Hall–Kier alpha value is -2.08. The van der Waals surface area contributed by atoms with Crippen LogP contribution in [0, 0.1) is 5.92 Å². The molecule has 2 heterocycles. The van der Waals surface area contributed by atoms with Crippen LogP contribution in [0.2, 0.25) is 0 Å². The highest BCUT2D eigenvalue weighted by Gasteiger charge is 2.42. The number of carbonyl (C=O) groups is 2. The maximum Gasteiger partial charge on any atom is 0.325 e. The summed E-state index contributed by atoms with van der Waals surface area (Å²) >= 11 is 0. The van der Waals surface area contributed by atoms with Crippen LogP contribution >= 0.6 is 0 Å². The highest BCUT2D eigenvalue weighted by atomic mass is 16.3. The lowest BCUT2D eigenvalue weighted by Crippen LogP contribution is -2.57. The maximum atomic E-state index is 13.0. The molecule has 3 atom stereocenters. The zero-order valence-electron chi connectivity index (χ0n) is 13.5. The Bertz CT molecular complexity index is 619. The molecule has 0 bridgehead atoms. The van der Waals surface area contributed by atoms with Crippen LogP contribution < -0.4 is 10.2 Å². The first kappa shape index (κ1) is 15.8. The molecule has 23 heavy (non-hydrogen) atoms. The van der Waals surface area contributed by atoms with Gasteiger partial charge < -0.3 is 15.3 Å². The number of hydrogen-bond acceptors (Lipinski definition) is 3. The lowest BCUT2D eigenvalue weighted by Gasteiger charge is -2.40. The van der Waals surface area contributed by atoms with E-state index in [4.69, 9.17) is 0 Å². The number of rotatable bonds is 2. The zero-order chi connectivity index (χ0) is 16.6. The van der Waals surface area contributed by atoms with Crippen molar-refractivity contribution in [1.29, 1.82) is 0 Å². The number of urea groups is 1. The van der Waals surface area contributed by atoms with Gasteiger partial charge in [0, 0.05) is 13.1 Å². The molecule has 2 N–H and O–H groups in total. The number of nitrogens with zero attached hydrogens (tertiary/aromatic N) is 2. The third-order valence-electron chi connectivity index (χ3n) is 4.79. The van der Waals surface area contributed by atoms with Crippen molar-refractivity contribution in [1.82, 2.24) is 4.90 Å². The summed E-state index contributed by atoms with van der Waals surface area (Å²) in [7, 11) is 0. The first-order valence-electron chi connectivity index (χ1n) is 8.19. The van der Waals surface area contributed by atoms with Crippen LogP contribution in [0.1, 0.15) is 26.7 Å². The van der Waals surface area contributed by atoms with E-state index in [0.717, 1.165) is 12.1 Å². The molecule has 3 rings (SSSR count). The van der Waals surface area contributed by atoms with Gasteiger partial charge in [-0.1, -0.05) is 32.4 Å². The van der Waals surface area contributed by atoms with E-state index in [2.05, 4.69) is 5.32 Å². The third kappa shape index (κ3) is 2.79. The molecule has 0 saturated carbocycles. The second-order valence-electron chi connectivity index (χ2n) is 6.38. The molecular formula is C17H23N3O3. The Morgan fingerprint density at radius 1 is 1.43 bits per heavy atom. The fourth-order valence-corrected chi connectivity index (χ4v) is 3.29. The van der Waals surface area contributed by atoms with Gasteiger partial charge >= 0.3 is 6.03 Å². The molecule has 1 aromatic carbocycles. The molecule has 0 aromatic heterocycles. The van der Waals surface area contributed by atoms with Crippen LogP contribution in [0.5, 0.6) is 0 Å². The Morgan fingerprint density at radius 2 is 2.17 bits per heavy atom. The maximum absolute atomic E-state index is 13.0. The molecule has 124 valence electrons. The average Bonchev–Trinajstić information content (AvgIpc) is 2.98. The van der Waals surface area contributed by atoms with Crippen LogP contribution in [-0.4, -0.2) is 47.2 Å². The smallest absolute Gasteiger partial charge is 0.325 e. The van der Waals surface area contributed by atoms with E-state index in [-0.39, 0.29) is 17.9 Å². The van der Waals surface area contributed by atoms with Gasteiger partial charge in [0.15, 0.2) is 0 Å². The molecule has 1 aromatic rings. The van der Waals surface area contributed by atoms with Gasteiger partial charge in [0.25, 0.3) is 0 Å². The highest BCUT2D eigenvalue weighted by molar-refractivity contribution is 6.11. The van der Waals surface area contributed by atoms with Crippen LogP contribution in [0.25, 0.3) is 0 Å². The van der Waals surface area contributed by atoms with Crippen molar-refractivity contribution in [2.75, 3.05) is 23.3 Å². The van der Waals surface area contributed by atoms with Gasteiger partial charge in [-0.15, -0.1) is 0 Å². The van der Waals surface area contributed by atoms with Crippen molar-refractivity contribution >= 4 is 23.3 Å². The van der Waals surface area contributed by atoms with Gasteiger partial charge in [-0.2, -0.15) is 0 Å². The number of aliphatic hydroxyl groups is 1. The average molecular weight is 317 g/mol. The summed E-state index contributed by atoms with van der Waals surface area (Å²) < 4.78 is 0. The first-order valence-corrected chi connectivity index (χ1v) is 8.19. The van der Waals surface area contributed by atoms with Crippen LogP contribution in [0.3, 0.4) is 0 Å². The summed E-state index contributed by atoms with van der Waals surface area (Å²) in [5, 5.41) is 12.6. The van der Waals surface area contributed by atoms with E-state index < -0.39 is 12.1 Å². The first-order chi connectivity index (χ1) is 11.0. The molecule has 1 fully saturated rings.